The Kier molecular flexibility index (Phi) is 5.55. The molecule has 1 aliphatic heterocycles. The van der Waals surface area contributed by atoms with Gasteiger partial charge in [0, 0.05) is 32.8 Å². The highest BCUT2D eigenvalue weighted by Crippen LogP contribution is 2.21. The van der Waals surface area contributed by atoms with Crippen molar-refractivity contribution >= 4 is 11.9 Å². The number of hydrogen-bond donors (Lipinski definition) is 1. The lowest BCUT2D eigenvalue weighted by molar-refractivity contribution is 0.0851. The van der Waals surface area contributed by atoms with Crippen LogP contribution < -0.4 is 15.0 Å². The zero-order chi connectivity index (χ0) is 15.2. The van der Waals surface area contributed by atoms with Gasteiger partial charge in [-0.15, -0.1) is 0 Å². The molecular weight excluding hydrogens is 270 g/mol. The number of nitrogens with zero attached hydrogens (tertiary/aromatic N) is 4. The Morgan fingerprint density at radius 3 is 2.62 bits per heavy atom. The minimum Gasteiger partial charge on any atom is -0.461 e. The number of aromatic nitrogens is 3. The summed E-state index contributed by atoms with van der Waals surface area (Å²) in [6.45, 7) is 8.25. The number of ether oxygens (including phenoxy) is 2. The van der Waals surface area contributed by atoms with Gasteiger partial charge in [0.15, 0.2) is 0 Å². The first-order chi connectivity index (χ1) is 10.1. The van der Waals surface area contributed by atoms with Crippen molar-refractivity contribution in [3.63, 3.8) is 0 Å². The molecule has 0 unspecified atom stereocenters. The second-order valence-corrected chi connectivity index (χ2v) is 5.39. The first-order valence-electron chi connectivity index (χ1n) is 7.57. The third-order valence-electron chi connectivity index (χ3n) is 3.33. The molecule has 1 saturated heterocycles. The van der Waals surface area contributed by atoms with Crippen molar-refractivity contribution in [1.82, 2.24) is 15.0 Å². The van der Waals surface area contributed by atoms with Gasteiger partial charge in [-0.25, -0.2) is 0 Å². The van der Waals surface area contributed by atoms with Crippen LogP contribution in [0.4, 0.5) is 11.9 Å². The van der Waals surface area contributed by atoms with Crippen molar-refractivity contribution in [3.05, 3.63) is 0 Å². The fraction of sp³-hybridized carbons (Fsp3) is 0.786. The van der Waals surface area contributed by atoms with Crippen LogP contribution in [-0.4, -0.2) is 53.9 Å². The second kappa shape index (κ2) is 7.40. The summed E-state index contributed by atoms with van der Waals surface area (Å²) in [5, 5.41) is 3.13. The number of nitrogens with one attached hydrogen (secondary N) is 1. The minimum atomic E-state index is 0.0307. The van der Waals surface area contributed by atoms with Gasteiger partial charge in [0.05, 0.1) is 6.10 Å². The van der Waals surface area contributed by atoms with Gasteiger partial charge in [0.25, 0.3) is 0 Å². The molecule has 21 heavy (non-hydrogen) atoms. The lowest BCUT2D eigenvalue weighted by atomic mass is 10.1. The summed E-state index contributed by atoms with van der Waals surface area (Å²) in [6, 6.07) is 0.757. The van der Waals surface area contributed by atoms with Gasteiger partial charge in [-0.2, -0.15) is 15.0 Å². The van der Waals surface area contributed by atoms with E-state index in [1.165, 1.54) is 0 Å². The molecule has 1 aliphatic rings. The van der Waals surface area contributed by atoms with Gasteiger partial charge in [0.1, 0.15) is 0 Å². The van der Waals surface area contributed by atoms with E-state index < -0.39 is 0 Å². The van der Waals surface area contributed by atoms with E-state index in [-0.39, 0.29) is 6.10 Å². The zero-order valence-corrected chi connectivity index (χ0v) is 13.3. The van der Waals surface area contributed by atoms with E-state index in [2.05, 4.69) is 25.2 Å². The first-order valence-corrected chi connectivity index (χ1v) is 7.57. The molecule has 0 atom stereocenters. The molecular formula is C14H25N5O2. The van der Waals surface area contributed by atoms with E-state index >= 15 is 0 Å². The largest absolute Gasteiger partial charge is 0.461 e. The van der Waals surface area contributed by atoms with Crippen LogP contribution in [0.1, 0.15) is 33.6 Å². The van der Waals surface area contributed by atoms with Crippen LogP contribution in [0.15, 0.2) is 0 Å². The van der Waals surface area contributed by atoms with Gasteiger partial charge < -0.3 is 19.7 Å². The highest BCUT2D eigenvalue weighted by molar-refractivity contribution is 5.38. The summed E-state index contributed by atoms with van der Waals surface area (Å²) >= 11 is 0. The molecule has 0 aromatic carbocycles. The van der Waals surface area contributed by atoms with Gasteiger partial charge in [0.2, 0.25) is 11.9 Å². The van der Waals surface area contributed by atoms with Crippen molar-refractivity contribution in [1.29, 1.82) is 0 Å². The molecule has 0 aliphatic carbocycles. The predicted molar refractivity (Wildman–Crippen MR) is 82.0 cm³/mol. The van der Waals surface area contributed by atoms with Crippen LogP contribution in [0.3, 0.4) is 0 Å². The molecule has 7 heteroatoms. The summed E-state index contributed by atoms with van der Waals surface area (Å²) in [6.07, 6.45) is 2.00. The highest BCUT2D eigenvalue weighted by Gasteiger charge is 2.22. The fourth-order valence-electron chi connectivity index (χ4n) is 2.24. The fourth-order valence-corrected chi connectivity index (χ4v) is 2.24. The molecule has 0 amide bonds. The Bertz CT molecular complexity index is 449. The van der Waals surface area contributed by atoms with Crippen LogP contribution in [0.25, 0.3) is 0 Å². The maximum Gasteiger partial charge on any atom is 0.323 e. The second-order valence-electron chi connectivity index (χ2n) is 5.39. The third kappa shape index (κ3) is 4.42. The van der Waals surface area contributed by atoms with E-state index in [1.807, 2.05) is 27.8 Å². The molecule has 7 nitrogen and oxygen atoms in total. The molecule has 1 N–H and O–H groups in total. The maximum absolute atomic E-state index is 5.63. The Morgan fingerprint density at radius 2 is 2.00 bits per heavy atom. The van der Waals surface area contributed by atoms with Crippen molar-refractivity contribution in [2.24, 2.45) is 0 Å². The Balaban J connectivity index is 2.20. The first kappa shape index (κ1) is 15.8. The van der Waals surface area contributed by atoms with E-state index in [0.717, 1.165) is 32.6 Å². The summed E-state index contributed by atoms with van der Waals surface area (Å²) in [4.78, 5) is 15.3. The molecule has 0 bridgehead atoms. The van der Waals surface area contributed by atoms with Crippen molar-refractivity contribution < 1.29 is 9.47 Å². The maximum atomic E-state index is 5.63. The average molecular weight is 295 g/mol. The molecule has 1 aromatic heterocycles. The summed E-state index contributed by atoms with van der Waals surface area (Å²) in [5.41, 5.74) is 0. The van der Waals surface area contributed by atoms with Crippen molar-refractivity contribution in [3.8, 4) is 6.01 Å². The molecule has 2 rings (SSSR count). The zero-order valence-electron chi connectivity index (χ0n) is 13.3. The lowest BCUT2D eigenvalue weighted by Gasteiger charge is -2.31. The van der Waals surface area contributed by atoms with Gasteiger partial charge in [-0.1, -0.05) is 0 Å². The molecule has 1 fully saturated rings. The smallest absolute Gasteiger partial charge is 0.323 e. The van der Waals surface area contributed by atoms with Gasteiger partial charge in [-0.3, -0.25) is 0 Å². The number of hydrogen-bond acceptors (Lipinski definition) is 7. The average Bonchev–Trinajstić information content (AvgIpc) is 2.47. The summed E-state index contributed by atoms with van der Waals surface area (Å²) in [7, 11) is 2.01. The Hall–Kier alpha value is -1.63. The Morgan fingerprint density at radius 1 is 1.29 bits per heavy atom. The third-order valence-corrected chi connectivity index (χ3v) is 3.33. The topological polar surface area (TPSA) is 72.4 Å². The highest BCUT2D eigenvalue weighted by atomic mass is 16.5. The standard InChI is InChI=1S/C14H25N5O2/c1-5-15-12-16-13(18-14(17-12)21-10(2)3)19(4)11-6-8-20-9-7-11/h10-11H,5-9H2,1-4H3,(H,15,16,17,18). The monoisotopic (exact) mass is 295 g/mol. The van der Waals surface area contributed by atoms with Gasteiger partial charge >= 0.3 is 6.01 Å². The van der Waals surface area contributed by atoms with Gasteiger partial charge in [-0.05, 0) is 33.6 Å². The van der Waals surface area contributed by atoms with Crippen LogP contribution in [0.5, 0.6) is 6.01 Å². The molecule has 0 radical (unpaired) electrons. The molecule has 0 saturated carbocycles. The minimum absolute atomic E-state index is 0.0307. The van der Waals surface area contributed by atoms with E-state index in [9.17, 15) is 0 Å². The molecule has 118 valence electrons. The predicted octanol–water partition coefficient (Wildman–Crippen LogP) is 1.71. The van der Waals surface area contributed by atoms with Crippen LogP contribution in [0.2, 0.25) is 0 Å². The summed E-state index contributed by atoms with van der Waals surface area (Å²) < 4.78 is 11.0. The van der Waals surface area contributed by atoms with E-state index in [4.69, 9.17) is 9.47 Å². The summed E-state index contributed by atoms with van der Waals surface area (Å²) in [5.74, 6) is 1.19. The van der Waals surface area contributed by atoms with E-state index in [1.54, 1.807) is 0 Å². The lowest BCUT2D eigenvalue weighted by Crippen LogP contribution is -2.37. The van der Waals surface area contributed by atoms with Crippen LogP contribution >= 0.6 is 0 Å². The van der Waals surface area contributed by atoms with Crippen molar-refractivity contribution in [2.75, 3.05) is 37.0 Å². The Labute approximate surface area is 126 Å². The quantitative estimate of drug-likeness (QED) is 0.856. The van der Waals surface area contributed by atoms with Crippen molar-refractivity contribution in [2.45, 2.75) is 45.8 Å². The van der Waals surface area contributed by atoms with E-state index in [0.29, 0.717) is 23.9 Å². The number of anilines is 2. The SMILES string of the molecule is CCNc1nc(OC(C)C)nc(N(C)C2CCOCC2)n1. The molecule has 0 spiro atoms. The molecule has 1 aromatic rings. The van der Waals surface area contributed by atoms with Crippen LogP contribution in [0, 0.1) is 0 Å². The normalized spacial score (nSPS) is 16.0. The number of rotatable bonds is 6. The van der Waals surface area contributed by atoms with Crippen LogP contribution in [-0.2, 0) is 4.74 Å². The molecule has 2 heterocycles.